The van der Waals surface area contributed by atoms with Gasteiger partial charge in [0.05, 0.1) is 32.5 Å². The van der Waals surface area contributed by atoms with E-state index >= 15 is 0 Å². The normalized spacial score (nSPS) is 49.4. The van der Waals surface area contributed by atoms with Crippen molar-refractivity contribution in [2.45, 2.75) is 130 Å². The van der Waals surface area contributed by atoms with Crippen LogP contribution in [-0.2, 0) is 42.7 Å². The smallest absolute Gasteiger partial charge is 0.303 e. The predicted octanol–water partition coefficient (Wildman–Crippen LogP) is -8.15. The van der Waals surface area contributed by atoms with Gasteiger partial charge in [0.25, 0.3) is 0 Å². The fraction of sp³-hybridized carbons (Fsp3) is 0.962. The standard InChI is InChI=1S/C26H44O21/c1-7(31)40-9-2-8(42-25-19(37)15(33)14(32)11(4-28)44-25)10(3-27)43-24(9)46-22-13(6-30)45-26(20(38)17(22)35)47-21-12(5-29)41-23(39)18(36)16(21)34/h8-30,32-39H,2-6H2,1H3/t8-,9+,10?,11?,12?,13?,14?,15?,16?,17?,18-,19?,20?,21+,22?,23-,24+,25?,26?/m0/s1. The lowest BCUT2D eigenvalue weighted by atomic mass is 9.96. The van der Waals surface area contributed by atoms with Crippen LogP contribution in [0.5, 0.6) is 0 Å². The second-order valence-electron chi connectivity index (χ2n) is 11.6. The van der Waals surface area contributed by atoms with Crippen molar-refractivity contribution in [3.05, 3.63) is 0 Å². The highest BCUT2D eigenvalue weighted by molar-refractivity contribution is 5.66. The van der Waals surface area contributed by atoms with Crippen LogP contribution >= 0.6 is 0 Å². The quantitative estimate of drug-likeness (QED) is 0.0894. The zero-order valence-corrected chi connectivity index (χ0v) is 25.0. The van der Waals surface area contributed by atoms with Crippen molar-refractivity contribution in [1.29, 1.82) is 0 Å². The third-order valence-corrected chi connectivity index (χ3v) is 8.39. The number of ether oxygens (including phenoxy) is 8. The molecule has 4 heterocycles. The molecule has 21 heteroatoms. The highest BCUT2D eigenvalue weighted by atomic mass is 16.8. The summed E-state index contributed by atoms with van der Waals surface area (Å²) in [7, 11) is 0. The van der Waals surface area contributed by atoms with Crippen LogP contribution in [0.4, 0.5) is 0 Å². The molecule has 4 rings (SSSR count). The van der Waals surface area contributed by atoms with E-state index in [2.05, 4.69) is 0 Å². The van der Waals surface area contributed by atoms with Crippen molar-refractivity contribution in [3.63, 3.8) is 0 Å². The van der Waals surface area contributed by atoms with Crippen LogP contribution in [0.2, 0.25) is 0 Å². The molecule has 4 saturated heterocycles. The lowest BCUT2D eigenvalue weighted by molar-refractivity contribution is -0.379. The van der Waals surface area contributed by atoms with Crippen LogP contribution < -0.4 is 0 Å². The highest BCUT2D eigenvalue weighted by Gasteiger charge is 2.53. The van der Waals surface area contributed by atoms with Gasteiger partial charge in [0.15, 0.2) is 31.3 Å². The summed E-state index contributed by atoms with van der Waals surface area (Å²) < 4.78 is 44.1. The first kappa shape index (κ1) is 38.5. The van der Waals surface area contributed by atoms with Crippen LogP contribution in [0.3, 0.4) is 0 Å². The Kier molecular flexibility index (Phi) is 13.6. The molecule has 4 fully saturated rings. The van der Waals surface area contributed by atoms with Gasteiger partial charge in [0.2, 0.25) is 0 Å². The number of carbonyl (C=O) groups is 1. The maximum absolute atomic E-state index is 12.0. The maximum Gasteiger partial charge on any atom is 0.303 e. The van der Waals surface area contributed by atoms with Crippen LogP contribution in [0, 0.1) is 0 Å². The Morgan fingerprint density at radius 3 is 1.57 bits per heavy atom. The van der Waals surface area contributed by atoms with Crippen molar-refractivity contribution in [3.8, 4) is 0 Å². The van der Waals surface area contributed by atoms with E-state index in [1.807, 2.05) is 0 Å². The Hall–Kier alpha value is -1.29. The Morgan fingerprint density at radius 1 is 0.532 bits per heavy atom. The fourth-order valence-electron chi connectivity index (χ4n) is 5.81. The van der Waals surface area contributed by atoms with Gasteiger partial charge >= 0.3 is 5.97 Å². The average Bonchev–Trinajstić information content (AvgIpc) is 3.04. The Morgan fingerprint density at radius 2 is 1.00 bits per heavy atom. The molecule has 4 aliphatic heterocycles. The van der Waals surface area contributed by atoms with Crippen LogP contribution in [0.15, 0.2) is 0 Å². The summed E-state index contributed by atoms with van der Waals surface area (Å²) in [5.41, 5.74) is 0. The van der Waals surface area contributed by atoms with Gasteiger partial charge in [-0.25, -0.2) is 0 Å². The second kappa shape index (κ2) is 16.6. The summed E-state index contributed by atoms with van der Waals surface area (Å²) in [6.45, 7) is -2.09. The fourth-order valence-corrected chi connectivity index (χ4v) is 5.81. The van der Waals surface area contributed by atoms with E-state index in [1.165, 1.54) is 0 Å². The van der Waals surface area contributed by atoms with Crippen molar-refractivity contribution in [2.24, 2.45) is 0 Å². The molecule has 0 bridgehead atoms. The molecule has 0 amide bonds. The number of hydrogen-bond donors (Lipinski definition) is 12. The van der Waals surface area contributed by atoms with E-state index in [-0.39, 0.29) is 6.42 Å². The van der Waals surface area contributed by atoms with Gasteiger partial charge in [0.1, 0.15) is 79.4 Å². The number of esters is 1. The summed E-state index contributed by atoms with van der Waals surface area (Å²) in [5, 5.41) is 122. The molecule has 0 aromatic rings. The molecule has 0 aromatic carbocycles. The molecule has 0 aromatic heterocycles. The zero-order chi connectivity index (χ0) is 34.7. The largest absolute Gasteiger partial charge is 0.457 e. The first-order chi connectivity index (χ1) is 22.3. The van der Waals surface area contributed by atoms with Crippen LogP contribution in [0.25, 0.3) is 0 Å². The second-order valence-corrected chi connectivity index (χ2v) is 11.6. The van der Waals surface area contributed by atoms with E-state index in [4.69, 9.17) is 37.9 Å². The molecule has 21 nitrogen and oxygen atoms in total. The van der Waals surface area contributed by atoms with E-state index in [9.17, 15) is 66.1 Å². The third-order valence-electron chi connectivity index (χ3n) is 8.39. The van der Waals surface area contributed by atoms with Crippen LogP contribution in [-0.4, -0.2) is 210 Å². The van der Waals surface area contributed by atoms with Gasteiger partial charge in [-0.05, 0) is 0 Å². The maximum atomic E-state index is 12.0. The highest BCUT2D eigenvalue weighted by Crippen LogP contribution is 2.34. The van der Waals surface area contributed by atoms with Gasteiger partial charge < -0.3 is 99.2 Å². The van der Waals surface area contributed by atoms with E-state index in [1.54, 1.807) is 0 Å². The molecule has 4 aliphatic rings. The summed E-state index contributed by atoms with van der Waals surface area (Å²) in [5.74, 6) is -0.826. The Labute approximate surface area is 266 Å². The van der Waals surface area contributed by atoms with Gasteiger partial charge in [-0.15, -0.1) is 0 Å². The minimum absolute atomic E-state index is 0.303. The van der Waals surface area contributed by atoms with Crippen molar-refractivity contribution in [1.82, 2.24) is 0 Å². The topological polar surface area (TPSA) is 334 Å². The lowest BCUT2D eigenvalue weighted by Gasteiger charge is -2.48. The van der Waals surface area contributed by atoms with Crippen LogP contribution in [0.1, 0.15) is 13.3 Å². The zero-order valence-electron chi connectivity index (χ0n) is 25.0. The SMILES string of the molecule is CC(=O)O[C@@H]1C[C@H](OC2OC(CO)C(O)C(O)C2O)C(CO)O[C@@H]1OC1C(CO)OC(O[C@@H]2C(CO)O[C@H](O)[C@@H](O)C2O)C(O)C1O. The van der Waals surface area contributed by atoms with Crippen molar-refractivity contribution in [2.75, 3.05) is 26.4 Å². The number of carbonyl (C=O) groups excluding carboxylic acids is 1. The van der Waals surface area contributed by atoms with Crippen molar-refractivity contribution >= 4 is 5.97 Å². The van der Waals surface area contributed by atoms with Gasteiger partial charge in [-0.3, -0.25) is 4.79 Å². The molecule has 19 atom stereocenters. The predicted molar refractivity (Wildman–Crippen MR) is 142 cm³/mol. The summed E-state index contributed by atoms with van der Waals surface area (Å²) in [4.78, 5) is 12.0. The molecule has 47 heavy (non-hydrogen) atoms. The lowest BCUT2D eigenvalue weighted by Crippen LogP contribution is -2.66. The number of rotatable bonds is 11. The molecule has 13 unspecified atom stereocenters. The molecule has 12 N–H and O–H groups in total. The van der Waals surface area contributed by atoms with Gasteiger partial charge in [-0.1, -0.05) is 0 Å². The minimum atomic E-state index is -1.97. The number of hydrogen-bond acceptors (Lipinski definition) is 21. The monoisotopic (exact) mass is 692 g/mol. The first-order valence-corrected chi connectivity index (χ1v) is 14.9. The molecule has 0 aliphatic carbocycles. The van der Waals surface area contributed by atoms with E-state index in [0.717, 1.165) is 6.92 Å². The molecule has 0 radical (unpaired) electrons. The van der Waals surface area contributed by atoms with Gasteiger partial charge in [0, 0.05) is 13.3 Å². The molecule has 274 valence electrons. The molecular formula is C26H44O21. The Bertz CT molecular complexity index is 986. The van der Waals surface area contributed by atoms with E-state index < -0.39 is 149 Å². The summed E-state index contributed by atoms with van der Waals surface area (Å²) in [6, 6.07) is 0. The Balaban J connectivity index is 1.47. The van der Waals surface area contributed by atoms with E-state index in [0.29, 0.717) is 0 Å². The van der Waals surface area contributed by atoms with Crippen molar-refractivity contribution < 1.29 is 104 Å². The molecule has 0 saturated carbocycles. The average molecular weight is 693 g/mol. The summed E-state index contributed by atoms with van der Waals surface area (Å²) in [6.07, 6.45) is -31.3. The number of aliphatic hydroxyl groups is 12. The molecular weight excluding hydrogens is 648 g/mol. The summed E-state index contributed by atoms with van der Waals surface area (Å²) >= 11 is 0. The third kappa shape index (κ3) is 8.37. The van der Waals surface area contributed by atoms with Gasteiger partial charge in [-0.2, -0.15) is 0 Å². The minimum Gasteiger partial charge on any atom is -0.457 e. The molecule has 0 spiro atoms. The number of aliphatic hydroxyl groups excluding tert-OH is 12. The first-order valence-electron chi connectivity index (χ1n) is 14.9.